The summed E-state index contributed by atoms with van der Waals surface area (Å²) in [4.78, 5) is 2.32. The summed E-state index contributed by atoms with van der Waals surface area (Å²) in [5.41, 5.74) is 0.198. The van der Waals surface area contributed by atoms with Crippen LogP contribution in [-0.2, 0) is 9.47 Å². The minimum absolute atomic E-state index is 0.198. The van der Waals surface area contributed by atoms with E-state index in [-0.39, 0.29) is 5.60 Å². The van der Waals surface area contributed by atoms with E-state index >= 15 is 0 Å². The number of likely N-dealkylation sites (N-methyl/N-ethyl adjacent to an activating group) is 1. The largest absolute Gasteiger partial charge is 0.383 e. The first-order valence-corrected chi connectivity index (χ1v) is 9.02. The second-order valence-electron chi connectivity index (χ2n) is 6.08. The van der Waals surface area contributed by atoms with Crippen LogP contribution < -0.4 is 5.32 Å². The summed E-state index contributed by atoms with van der Waals surface area (Å²) < 4.78 is 11.2. The van der Waals surface area contributed by atoms with E-state index in [1.54, 1.807) is 7.11 Å². The third-order valence-corrected chi connectivity index (χ3v) is 5.49. The Labute approximate surface area is 127 Å². The average molecular weight is 302 g/mol. The minimum Gasteiger partial charge on any atom is -0.383 e. The number of nitrogens with one attached hydrogen (secondary N) is 1. The molecule has 2 aliphatic rings. The van der Waals surface area contributed by atoms with Gasteiger partial charge in [0, 0.05) is 39.4 Å². The Bertz CT molecular complexity index is 267. The number of hydrogen-bond donors (Lipinski definition) is 1. The second kappa shape index (κ2) is 8.59. The monoisotopic (exact) mass is 302 g/mol. The van der Waals surface area contributed by atoms with Crippen LogP contribution in [0.15, 0.2) is 0 Å². The average Bonchev–Trinajstić information content (AvgIpc) is 2.46. The van der Waals surface area contributed by atoms with Gasteiger partial charge >= 0.3 is 0 Å². The third-order valence-electron chi connectivity index (χ3n) is 4.50. The number of rotatable bonds is 7. The topological polar surface area (TPSA) is 33.7 Å². The Morgan fingerprint density at radius 3 is 2.90 bits per heavy atom. The molecule has 1 atom stereocenters. The summed E-state index contributed by atoms with van der Waals surface area (Å²) in [5, 5.41) is 3.73. The van der Waals surface area contributed by atoms with Crippen molar-refractivity contribution in [2.24, 2.45) is 0 Å². The zero-order chi connectivity index (χ0) is 14.3. The molecule has 0 aliphatic carbocycles. The summed E-state index contributed by atoms with van der Waals surface area (Å²) >= 11 is 2.07. The number of methoxy groups -OCH3 is 1. The quantitative estimate of drug-likeness (QED) is 0.772. The van der Waals surface area contributed by atoms with Crippen LogP contribution in [0.1, 0.15) is 25.7 Å². The summed E-state index contributed by atoms with van der Waals surface area (Å²) in [6.45, 7) is 4.91. The summed E-state index contributed by atoms with van der Waals surface area (Å²) in [7, 11) is 3.92. The predicted octanol–water partition coefficient (Wildman–Crippen LogP) is 1.60. The lowest BCUT2D eigenvalue weighted by Crippen LogP contribution is -2.49. The van der Waals surface area contributed by atoms with Gasteiger partial charge in [0.15, 0.2) is 0 Å². The van der Waals surface area contributed by atoms with Crippen molar-refractivity contribution >= 4 is 11.8 Å². The van der Waals surface area contributed by atoms with Crippen molar-refractivity contribution in [3.05, 3.63) is 0 Å². The van der Waals surface area contributed by atoms with Crippen molar-refractivity contribution in [2.75, 3.05) is 58.5 Å². The van der Waals surface area contributed by atoms with E-state index in [2.05, 4.69) is 29.0 Å². The molecule has 0 bridgehead atoms. The number of ether oxygens (including phenoxy) is 2. The second-order valence-corrected chi connectivity index (χ2v) is 7.31. The van der Waals surface area contributed by atoms with Gasteiger partial charge in [0.05, 0.1) is 12.2 Å². The maximum atomic E-state index is 6.14. The molecule has 0 aromatic heterocycles. The van der Waals surface area contributed by atoms with E-state index in [0.717, 1.165) is 39.3 Å². The molecule has 2 saturated heterocycles. The molecule has 2 rings (SSSR count). The molecule has 0 amide bonds. The summed E-state index contributed by atoms with van der Waals surface area (Å²) in [6, 6.07) is 0.641. The van der Waals surface area contributed by atoms with Gasteiger partial charge in [-0.15, -0.1) is 0 Å². The highest BCUT2D eigenvalue weighted by atomic mass is 32.2. The first-order valence-electron chi connectivity index (χ1n) is 7.87. The SMILES string of the molecule is COCCN(C)CCNC1CCOC2(CCSCC2)C1. The number of nitrogens with zero attached hydrogens (tertiary/aromatic N) is 1. The van der Waals surface area contributed by atoms with Crippen LogP contribution in [0.5, 0.6) is 0 Å². The van der Waals surface area contributed by atoms with E-state index in [9.17, 15) is 0 Å². The predicted molar refractivity (Wildman–Crippen MR) is 85.6 cm³/mol. The van der Waals surface area contributed by atoms with Crippen molar-refractivity contribution in [2.45, 2.75) is 37.3 Å². The molecule has 2 heterocycles. The third kappa shape index (κ3) is 5.19. The maximum absolute atomic E-state index is 6.14. The molecule has 0 radical (unpaired) electrons. The molecule has 0 aromatic carbocycles. The fourth-order valence-corrected chi connectivity index (χ4v) is 4.35. The fourth-order valence-electron chi connectivity index (χ4n) is 3.11. The van der Waals surface area contributed by atoms with Crippen LogP contribution in [0.4, 0.5) is 0 Å². The molecule has 1 N–H and O–H groups in total. The van der Waals surface area contributed by atoms with Gasteiger partial charge in [-0.1, -0.05) is 0 Å². The molecule has 20 heavy (non-hydrogen) atoms. The zero-order valence-electron chi connectivity index (χ0n) is 13.0. The van der Waals surface area contributed by atoms with Crippen molar-refractivity contribution in [3.63, 3.8) is 0 Å². The maximum Gasteiger partial charge on any atom is 0.0713 e. The zero-order valence-corrected chi connectivity index (χ0v) is 13.8. The van der Waals surface area contributed by atoms with Crippen LogP contribution in [0.3, 0.4) is 0 Å². The lowest BCUT2D eigenvalue weighted by atomic mass is 9.85. The molecule has 2 fully saturated rings. The van der Waals surface area contributed by atoms with Crippen LogP contribution >= 0.6 is 11.8 Å². The van der Waals surface area contributed by atoms with Crippen LogP contribution in [0, 0.1) is 0 Å². The molecule has 0 saturated carbocycles. The van der Waals surface area contributed by atoms with Gasteiger partial charge in [-0.2, -0.15) is 11.8 Å². The van der Waals surface area contributed by atoms with Crippen molar-refractivity contribution < 1.29 is 9.47 Å². The van der Waals surface area contributed by atoms with Gasteiger partial charge in [-0.05, 0) is 44.2 Å². The fraction of sp³-hybridized carbons (Fsp3) is 1.00. The van der Waals surface area contributed by atoms with Crippen molar-refractivity contribution in [1.29, 1.82) is 0 Å². The van der Waals surface area contributed by atoms with Gasteiger partial charge in [-0.25, -0.2) is 0 Å². The number of thioether (sulfide) groups is 1. The van der Waals surface area contributed by atoms with Gasteiger partial charge in [0.25, 0.3) is 0 Å². The highest BCUT2D eigenvalue weighted by molar-refractivity contribution is 7.99. The van der Waals surface area contributed by atoms with Gasteiger partial charge in [0.2, 0.25) is 0 Å². The molecule has 1 unspecified atom stereocenters. The summed E-state index contributed by atoms with van der Waals surface area (Å²) in [6.07, 6.45) is 4.85. The first-order chi connectivity index (χ1) is 9.74. The number of hydrogen-bond acceptors (Lipinski definition) is 5. The molecule has 5 heteroatoms. The Morgan fingerprint density at radius 1 is 1.35 bits per heavy atom. The molecule has 4 nitrogen and oxygen atoms in total. The standard InChI is InChI=1S/C15H30N2O2S/c1-17(8-10-18-2)7-6-16-14-3-9-19-15(13-14)4-11-20-12-5-15/h14,16H,3-13H2,1-2H3. The van der Waals surface area contributed by atoms with Gasteiger partial charge in [0.1, 0.15) is 0 Å². The van der Waals surface area contributed by atoms with E-state index in [1.165, 1.54) is 30.8 Å². The Balaban J connectivity index is 1.65. The Hall–Kier alpha value is 0.190. The molecule has 118 valence electrons. The highest BCUT2D eigenvalue weighted by Crippen LogP contribution is 2.37. The Morgan fingerprint density at radius 2 is 2.15 bits per heavy atom. The van der Waals surface area contributed by atoms with E-state index in [0.29, 0.717) is 6.04 Å². The van der Waals surface area contributed by atoms with Crippen molar-refractivity contribution in [1.82, 2.24) is 10.2 Å². The molecule has 0 aromatic rings. The van der Waals surface area contributed by atoms with Crippen molar-refractivity contribution in [3.8, 4) is 0 Å². The molecule has 2 aliphatic heterocycles. The van der Waals surface area contributed by atoms with Gasteiger partial charge < -0.3 is 19.7 Å². The lowest BCUT2D eigenvalue weighted by Gasteiger charge is -2.43. The molecule has 1 spiro atoms. The normalized spacial score (nSPS) is 26.2. The highest BCUT2D eigenvalue weighted by Gasteiger charge is 2.38. The van der Waals surface area contributed by atoms with E-state index < -0.39 is 0 Å². The molecular weight excluding hydrogens is 272 g/mol. The summed E-state index contributed by atoms with van der Waals surface area (Å²) in [5.74, 6) is 2.54. The molecular formula is C15H30N2O2S. The Kier molecular flexibility index (Phi) is 7.11. The van der Waals surface area contributed by atoms with Crippen LogP contribution in [-0.4, -0.2) is 75.1 Å². The van der Waals surface area contributed by atoms with Gasteiger partial charge in [-0.3, -0.25) is 0 Å². The van der Waals surface area contributed by atoms with E-state index in [4.69, 9.17) is 9.47 Å². The minimum atomic E-state index is 0.198. The van der Waals surface area contributed by atoms with Crippen LogP contribution in [0.25, 0.3) is 0 Å². The van der Waals surface area contributed by atoms with E-state index in [1.807, 2.05) is 0 Å². The first kappa shape index (κ1) is 16.6. The lowest BCUT2D eigenvalue weighted by molar-refractivity contribution is -0.0931. The smallest absolute Gasteiger partial charge is 0.0713 e. The van der Waals surface area contributed by atoms with Crippen LogP contribution in [0.2, 0.25) is 0 Å².